The van der Waals surface area contributed by atoms with Gasteiger partial charge >= 0.3 is 5.63 Å². The van der Waals surface area contributed by atoms with Crippen LogP contribution in [-0.2, 0) is 4.79 Å². The van der Waals surface area contributed by atoms with Crippen LogP contribution in [-0.4, -0.2) is 5.91 Å². The summed E-state index contributed by atoms with van der Waals surface area (Å²) < 4.78 is 11.1. The lowest BCUT2D eigenvalue weighted by Crippen LogP contribution is -2.26. The number of nitrogens with one attached hydrogen (secondary N) is 1. The summed E-state index contributed by atoms with van der Waals surface area (Å²) >= 11 is 0. The first kappa shape index (κ1) is 17.4. The average Bonchev–Trinajstić information content (AvgIpc) is 2.67. The van der Waals surface area contributed by atoms with Gasteiger partial charge in [0.15, 0.2) is 5.75 Å². The first-order valence-electron chi connectivity index (χ1n) is 8.50. The van der Waals surface area contributed by atoms with Crippen LogP contribution in [0.1, 0.15) is 24.0 Å². The molecule has 4 rings (SSSR count). The number of carbonyl (C=O) groups is 1. The second-order valence-electron chi connectivity index (χ2n) is 6.36. The van der Waals surface area contributed by atoms with Gasteiger partial charge in [-0.15, -0.1) is 0 Å². The molecule has 0 radical (unpaired) electrons. The normalized spacial score (nSPS) is 15.5. The molecule has 2 heterocycles. The van der Waals surface area contributed by atoms with E-state index >= 15 is 0 Å². The maximum atomic E-state index is 12.8. The summed E-state index contributed by atoms with van der Waals surface area (Å²) in [7, 11) is 0. The standard InChI is InChI=1S/C21H15N3O4/c1-11(25)24-13-8-6-12(7-9-13)17-15(10-22)20(23)28-19-14-4-2-3-5-16(14)27-21(26)18(17)19/h2-9,17H,23H2,1H3,(H,24,25)/t17-/m0/s1. The topological polar surface area (TPSA) is 118 Å². The molecular weight excluding hydrogens is 358 g/mol. The van der Waals surface area contributed by atoms with Gasteiger partial charge in [-0.1, -0.05) is 24.3 Å². The van der Waals surface area contributed by atoms with Gasteiger partial charge in [0.05, 0.1) is 16.9 Å². The van der Waals surface area contributed by atoms with Gasteiger partial charge in [0.25, 0.3) is 0 Å². The van der Waals surface area contributed by atoms with E-state index in [1.165, 1.54) is 6.92 Å². The van der Waals surface area contributed by atoms with Crippen molar-refractivity contribution in [3.63, 3.8) is 0 Å². The molecule has 2 aromatic carbocycles. The van der Waals surface area contributed by atoms with Crippen LogP contribution in [0, 0.1) is 11.3 Å². The van der Waals surface area contributed by atoms with Crippen molar-refractivity contribution in [3.8, 4) is 11.8 Å². The average molecular weight is 373 g/mol. The highest BCUT2D eigenvalue weighted by molar-refractivity contribution is 5.89. The molecule has 0 unspecified atom stereocenters. The monoisotopic (exact) mass is 373 g/mol. The van der Waals surface area contributed by atoms with Crippen LogP contribution in [0.25, 0.3) is 11.0 Å². The number of hydrogen-bond acceptors (Lipinski definition) is 6. The fourth-order valence-electron chi connectivity index (χ4n) is 3.36. The van der Waals surface area contributed by atoms with Crippen molar-refractivity contribution in [2.45, 2.75) is 12.8 Å². The molecule has 0 bridgehead atoms. The van der Waals surface area contributed by atoms with Crippen LogP contribution < -0.4 is 21.4 Å². The third-order valence-corrected chi connectivity index (χ3v) is 4.54. The van der Waals surface area contributed by atoms with E-state index in [0.717, 1.165) is 0 Å². The molecule has 1 aliphatic rings. The van der Waals surface area contributed by atoms with E-state index in [2.05, 4.69) is 5.32 Å². The maximum absolute atomic E-state index is 12.8. The fourth-order valence-corrected chi connectivity index (χ4v) is 3.36. The second-order valence-corrected chi connectivity index (χ2v) is 6.36. The number of hydrogen-bond donors (Lipinski definition) is 2. The fraction of sp³-hybridized carbons (Fsp3) is 0.0952. The minimum absolute atomic E-state index is 0.0540. The number of ether oxygens (including phenoxy) is 1. The van der Waals surface area contributed by atoms with Gasteiger partial charge in [0.2, 0.25) is 11.8 Å². The third-order valence-electron chi connectivity index (χ3n) is 4.54. The van der Waals surface area contributed by atoms with Gasteiger partial charge < -0.3 is 20.2 Å². The molecule has 7 nitrogen and oxygen atoms in total. The lowest BCUT2D eigenvalue weighted by molar-refractivity contribution is -0.114. The number of fused-ring (bicyclic) bond motifs is 3. The van der Waals surface area contributed by atoms with Crippen LogP contribution in [0.3, 0.4) is 0 Å². The predicted octanol–water partition coefficient (Wildman–Crippen LogP) is 2.97. The number of amides is 1. The van der Waals surface area contributed by atoms with E-state index in [1.54, 1.807) is 48.5 Å². The SMILES string of the molecule is CC(=O)Nc1ccc([C@H]2C(C#N)=C(N)Oc3c2c(=O)oc2ccccc32)cc1. The van der Waals surface area contributed by atoms with Crippen molar-refractivity contribution in [2.75, 3.05) is 5.32 Å². The predicted molar refractivity (Wildman–Crippen MR) is 103 cm³/mol. The summed E-state index contributed by atoms with van der Waals surface area (Å²) in [6, 6.07) is 15.9. The van der Waals surface area contributed by atoms with Crippen LogP contribution in [0.5, 0.6) is 5.75 Å². The Morgan fingerprint density at radius 3 is 2.57 bits per heavy atom. The summed E-state index contributed by atoms with van der Waals surface area (Å²) in [4.78, 5) is 24.0. The number of nitrogens with two attached hydrogens (primary N) is 1. The summed E-state index contributed by atoms with van der Waals surface area (Å²) in [5.74, 6) is -0.694. The molecule has 0 spiro atoms. The highest BCUT2D eigenvalue weighted by atomic mass is 16.5. The van der Waals surface area contributed by atoms with Crippen LogP contribution >= 0.6 is 0 Å². The van der Waals surface area contributed by atoms with Gasteiger partial charge in [0.1, 0.15) is 17.2 Å². The first-order chi connectivity index (χ1) is 13.5. The number of anilines is 1. The Hall–Kier alpha value is -4.05. The zero-order valence-corrected chi connectivity index (χ0v) is 14.9. The van der Waals surface area contributed by atoms with Crippen molar-refractivity contribution < 1.29 is 13.9 Å². The molecule has 0 saturated heterocycles. The van der Waals surface area contributed by atoms with E-state index in [-0.39, 0.29) is 22.9 Å². The van der Waals surface area contributed by atoms with Crippen LogP contribution in [0.2, 0.25) is 0 Å². The number of carbonyl (C=O) groups excluding carboxylic acids is 1. The van der Waals surface area contributed by atoms with Crippen molar-refractivity contribution in [2.24, 2.45) is 5.73 Å². The molecule has 0 saturated carbocycles. The van der Waals surface area contributed by atoms with Crippen LogP contribution in [0.15, 0.2) is 69.2 Å². The Labute approximate surface area is 159 Å². The summed E-state index contributed by atoms with van der Waals surface area (Å²) in [6.07, 6.45) is 0. The number of para-hydroxylation sites is 1. The molecule has 1 aliphatic heterocycles. The molecule has 1 aromatic heterocycles. The summed E-state index contributed by atoms with van der Waals surface area (Å²) in [5.41, 5.74) is 7.40. The number of rotatable bonds is 2. The van der Waals surface area contributed by atoms with Crippen molar-refractivity contribution in [3.05, 3.63) is 81.5 Å². The zero-order valence-electron chi connectivity index (χ0n) is 14.9. The van der Waals surface area contributed by atoms with Crippen LogP contribution in [0.4, 0.5) is 5.69 Å². The molecule has 1 amide bonds. The van der Waals surface area contributed by atoms with Gasteiger partial charge in [-0.25, -0.2) is 4.79 Å². The van der Waals surface area contributed by atoms with Crippen molar-refractivity contribution in [1.82, 2.24) is 0 Å². The minimum atomic E-state index is -0.735. The Bertz CT molecular complexity index is 1230. The maximum Gasteiger partial charge on any atom is 0.344 e. The molecule has 3 N–H and O–H groups in total. The Morgan fingerprint density at radius 1 is 1.18 bits per heavy atom. The van der Waals surface area contributed by atoms with Gasteiger partial charge in [-0.2, -0.15) is 5.26 Å². The number of nitrogens with zero attached hydrogens (tertiary/aromatic N) is 1. The second kappa shape index (κ2) is 6.59. The summed E-state index contributed by atoms with van der Waals surface area (Å²) in [5, 5.41) is 12.9. The zero-order chi connectivity index (χ0) is 19.8. The summed E-state index contributed by atoms with van der Waals surface area (Å²) in [6.45, 7) is 1.41. The minimum Gasteiger partial charge on any atom is -0.439 e. The van der Waals surface area contributed by atoms with E-state index in [9.17, 15) is 14.9 Å². The van der Waals surface area contributed by atoms with Gasteiger partial charge in [-0.05, 0) is 29.8 Å². The lowest BCUT2D eigenvalue weighted by Gasteiger charge is -2.26. The largest absolute Gasteiger partial charge is 0.439 e. The Balaban J connectivity index is 1.94. The number of allylic oxidation sites excluding steroid dienone is 1. The molecule has 0 aliphatic carbocycles. The number of nitriles is 1. The van der Waals surface area contributed by atoms with E-state index in [0.29, 0.717) is 28.0 Å². The third kappa shape index (κ3) is 2.77. The molecule has 1 atom stereocenters. The molecular formula is C21H15N3O4. The lowest BCUT2D eigenvalue weighted by atomic mass is 9.84. The highest BCUT2D eigenvalue weighted by Crippen LogP contribution is 2.43. The van der Waals surface area contributed by atoms with Crippen molar-refractivity contribution >= 4 is 22.6 Å². The van der Waals surface area contributed by atoms with Gasteiger partial charge in [-0.3, -0.25) is 4.79 Å². The number of benzene rings is 2. The molecule has 0 fully saturated rings. The first-order valence-corrected chi connectivity index (χ1v) is 8.50. The Morgan fingerprint density at radius 2 is 1.89 bits per heavy atom. The smallest absolute Gasteiger partial charge is 0.344 e. The highest BCUT2D eigenvalue weighted by Gasteiger charge is 2.35. The molecule has 28 heavy (non-hydrogen) atoms. The quantitative estimate of drug-likeness (QED) is 0.667. The molecule has 7 heteroatoms. The molecule has 3 aromatic rings. The van der Waals surface area contributed by atoms with E-state index in [4.69, 9.17) is 14.9 Å². The van der Waals surface area contributed by atoms with E-state index in [1.807, 2.05) is 6.07 Å². The molecule has 138 valence electrons. The Kier molecular flexibility index (Phi) is 4.09. The van der Waals surface area contributed by atoms with Crippen molar-refractivity contribution in [1.29, 1.82) is 5.26 Å². The van der Waals surface area contributed by atoms with Gasteiger partial charge in [0, 0.05) is 12.6 Å². The van der Waals surface area contributed by atoms with E-state index < -0.39 is 11.5 Å².